The first-order valence-corrected chi connectivity index (χ1v) is 5.53. The highest BCUT2D eigenvalue weighted by Gasteiger charge is 2.20. The van der Waals surface area contributed by atoms with Crippen LogP contribution in [0, 0.1) is 0 Å². The van der Waals surface area contributed by atoms with E-state index in [1.54, 1.807) is 12.3 Å². The second-order valence-corrected chi connectivity index (χ2v) is 5.12. The fraction of sp³-hybridized carbons (Fsp3) is 0.286. The van der Waals surface area contributed by atoms with Crippen molar-refractivity contribution in [3.63, 3.8) is 0 Å². The number of hydrogen-bond donors (Lipinski definition) is 1. The molecule has 3 heteroatoms. The number of benzene rings is 1. The summed E-state index contributed by atoms with van der Waals surface area (Å²) in [5, 5.41) is 10.8. The lowest BCUT2D eigenvalue weighted by Gasteiger charge is -2.21. The summed E-state index contributed by atoms with van der Waals surface area (Å²) in [6, 6.07) is 7.51. The van der Waals surface area contributed by atoms with Gasteiger partial charge in [-0.2, -0.15) is 0 Å². The van der Waals surface area contributed by atoms with E-state index in [2.05, 4.69) is 25.8 Å². The predicted octanol–water partition coefficient (Wildman–Crippen LogP) is 3.23. The highest BCUT2D eigenvalue weighted by atomic mass is 16.4. The molecule has 0 bridgehead atoms. The minimum Gasteiger partial charge on any atom is -0.476 e. The summed E-state index contributed by atoms with van der Waals surface area (Å²) >= 11 is 0. The molecular weight excluding hydrogens is 214 g/mol. The number of hydrogen-bond acceptors (Lipinski definition) is 2. The molecule has 0 unspecified atom stereocenters. The van der Waals surface area contributed by atoms with Gasteiger partial charge in [-0.3, -0.25) is 0 Å². The highest BCUT2D eigenvalue weighted by molar-refractivity contribution is 6.02. The number of aromatic nitrogens is 1. The molecule has 0 amide bonds. The molecule has 3 nitrogen and oxygen atoms in total. The van der Waals surface area contributed by atoms with Gasteiger partial charge in [-0.25, -0.2) is 9.78 Å². The van der Waals surface area contributed by atoms with E-state index in [0.717, 1.165) is 10.9 Å². The molecule has 88 valence electrons. The van der Waals surface area contributed by atoms with Gasteiger partial charge >= 0.3 is 5.97 Å². The van der Waals surface area contributed by atoms with E-state index in [1.807, 2.05) is 18.2 Å². The second-order valence-electron chi connectivity index (χ2n) is 5.12. The monoisotopic (exact) mass is 229 g/mol. The van der Waals surface area contributed by atoms with Crippen molar-refractivity contribution in [1.29, 1.82) is 0 Å². The number of rotatable bonds is 1. The van der Waals surface area contributed by atoms with Crippen LogP contribution in [0.2, 0.25) is 0 Å². The highest BCUT2D eigenvalue weighted by Crippen LogP contribution is 2.30. The average molecular weight is 229 g/mol. The van der Waals surface area contributed by atoms with E-state index >= 15 is 0 Å². The van der Waals surface area contributed by atoms with Crippen molar-refractivity contribution in [2.24, 2.45) is 0 Å². The molecule has 1 heterocycles. The molecule has 0 aliphatic rings. The molecule has 0 aliphatic carbocycles. The largest absolute Gasteiger partial charge is 0.476 e. The quantitative estimate of drug-likeness (QED) is 0.816. The fourth-order valence-electron chi connectivity index (χ4n) is 1.96. The second kappa shape index (κ2) is 3.84. The van der Waals surface area contributed by atoms with Crippen molar-refractivity contribution in [3.05, 3.63) is 41.7 Å². The van der Waals surface area contributed by atoms with Gasteiger partial charge < -0.3 is 5.11 Å². The lowest BCUT2D eigenvalue weighted by molar-refractivity contribution is 0.0693. The Bertz CT molecular complexity index is 582. The summed E-state index contributed by atoms with van der Waals surface area (Å²) in [7, 11) is 0. The first-order chi connectivity index (χ1) is 7.91. The SMILES string of the molecule is CC(C)(C)c1cnc(C(=O)O)c2ccccc12. The molecule has 0 fully saturated rings. The molecule has 0 atom stereocenters. The molecule has 2 aromatic rings. The van der Waals surface area contributed by atoms with E-state index in [9.17, 15) is 4.79 Å². The summed E-state index contributed by atoms with van der Waals surface area (Å²) in [4.78, 5) is 15.2. The molecule has 0 saturated carbocycles. The Morgan fingerprint density at radius 3 is 2.29 bits per heavy atom. The van der Waals surface area contributed by atoms with E-state index < -0.39 is 5.97 Å². The van der Waals surface area contributed by atoms with Crippen LogP contribution in [0.4, 0.5) is 0 Å². The van der Waals surface area contributed by atoms with Crippen LogP contribution in [0.1, 0.15) is 36.8 Å². The molecule has 1 aromatic heterocycles. The number of fused-ring (bicyclic) bond motifs is 1. The standard InChI is InChI=1S/C14H15NO2/c1-14(2,3)11-8-15-12(13(16)17)10-7-5-4-6-9(10)11/h4-8H,1-3H3,(H,16,17). The van der Waals surface area contributed by atoms with Gasteiger partial charge in [0.25, 0.3) is 0 Å². The van der Waals surface area contributed by atoms with Crippen LogP contribution in [-0.4, -0.2) is 16.1 Å². The van der Waals surface area contributed by atoms with Gasteiger partial charge in [0.2, 0.25) is 0 Å². The van der Waals surface area contributed by atoms with Crippen molar-refractivity contribution in [2.45, 2.75) is 26.2 Å². The van der Waals surface area contributed by atoms with Crippen molar-refractivity contribution < 1.29 is 9.90 Å². The minimum absolute atomic E-state index is 0.0519. The smallest absolute Gasteiger partial charge is 0.355 e. The number of carbonyl (C=O) groups is 1. The summed E-state index contributed by atoms with van der Waals surface area (Å²) in [5.41, 5.74) is 1.13. The van der Waals surface area contributed by atoms with Crippen molar-refractivity contribution in [1.82, 2.24) is 4.98 Å². The third kappa shape index (κ3) is 2.00. The molecule has 1 N–H and O–H groups in total. The Morgan fingerprint density at radius 2 is 1.76 bits per heavy atom. The van der Waals surface area contributed by atoms with E-state index in [4.69, 9.17) is 5.11 Å². The van der Waals surface area contributed by atoms with Crippen LogP contribution in [0.5, 0.6) is 0 Å². The van der Waals surface area contributed by atoms with Crippen LogP contribution in [0.25, 0.3) is 10.8 Å². The Labute approximate surface area is 100 Å². The van der Waals surface area contributed by atoms with Gasteiger partial charge in [0.05, 0.1) is 0 Å². The Balaban J connectivity index is 2.85. The topological polar surface area (TPSA) is 50.2 Å². The van der Waals surface area contributed by atoms with Crippen LogP contribution in [0.15, 0.2) is 30.5 Å². The van der Waals surface area contributed by atoms with Crippen LogP contribution < -0.4 is 0 Å². The maximum absolute atomic E-state index is 11.1. The maximum atomic E-state index is 11.1. The molecule has 2 rings (SSSR count). The number of nitrogens with zero attached hydrogens (tertiary/aromatic N) is 1. The first-order valence-electron chi connectivity index (χ1n) is 5.53. The fourth-order valence-corrected chi connectivity index (χ4v) is 1.96. The Kier molecular flexibility index (Phi) is 2.62. The summed E-state index contributed by atoms with van der Waals surface area (Å²) in [6.07, 6.45) is 1.67. The lowest BCUT2D eigenvalue weighted by Crippen LogP contribution is -2.14. The van der Waals surface area contributed by atoms with Gasteiger partial charge in [0.1, 0.15) is 0 Å². The summed E-state index contributed by atoms with van der Waals surface area (Å²) in [6.45, 7) is 6.28. The van der Waals surface area contributed by atoms with Crippen LogP contribution in [0.3, 0.4) is 0 Å². The minimum atomic E-state index is -0.985. The molecule has 1 aromatic carbocycles. The molecule has 0 saturated heterocycles. The number of aromatic carboxylic acids is 1. The van der Waals surface area contributed by atoms with Gasteiger partial charge in [0.15, 0.2) is 5.69 Å². The van der Waals surface area contributed by atoms with Gasteiger partial charge in [-0.1, -0.05) is 45.0 Å². The summed E-state index contributed by atoms with van der Waals surface area (Å²) in [5.74, 6) is -0.985. The maximum Gasteiger partial charge on any atom is 0.355 e. The van der Waals surface area contributed by atoms with Gasteiger partial charge in [-0.05, 0) is 16.4 Å². The normalized spacial score (nSPS) is 11.7. The zero-order valence-electron chi connectivity index (χ0n) is 10.2. The summed E-state index contributed by atoms with van der Waals surface area (Å²) < 4.78 is 0. The average Bonchev–Trinajstić information content (AvgIpc) is 2.26. The van der Waals surface area contributed by atoms with Crippen LogP contribution >= 0.6 is 0 Å². The van der Waals surface area contributed by atoms with Crippen molar-refractivity contribution in [2.75, 3.05) is 0 Å². The van der Waals surface area contributed by atoms with Gasteiger partial charge in [0, 0.05) is 11.6 Å². The predicted molar refractivity (Wildman–Crippen MR) is 67.4 cm³/mol. The van der Waals surface area contributed by atoms with E-state index in [-0.39, 0.29) is 11.1 Å². The zero-order valence-corrected chi connectivity index (χ0v) is 10.2. The van der Waals surface area contributed by atoms with Crippen molar-refractivity contribution in [3.8, 4) is 0 Å². The van der Waals surface area contributed by atoms with E-state index in [0.29, 0.717) is 5.39 Å². The zero-order chi connectivity index (χ0) is 12.6. The van der Waals surface area contributed by atoms with Crippen molar-refractivity contribution >= 4 is 16.7 Å². The molecule has 0 aliphatic heterocycles. The first kappa shape index (κ1) is 11.6. The number of pyridine rings is 1. The third-order valence-electron chi connectivity index (χ3n) is 2.81. The number of carboxylic acids is 1. The Hall–Kier alpha value is -1.90. The third-order valence-corrected chi connectivity index (χ3v) is 2.81. The van der Waals surface area contributed by atoms with Gasteiger partial charge in [-0.15, -0.1) is 0 Å². The molecule has 0 spiro atoms. The lowest BCUT2D eigenvalue weighted by atomic mass is 9.84. The Morgan fingerprint density at radius 1 is 1.18 bits per heavy atom. The number of carboxylic acid groups (broad SMARTS) is 1. The molecule has 17 heavy (non-hydrogen) atoms. The molecule has 0 radical (unpaired) electrons. The van der Waals surface area contributed by atoms with E-state index in [1.165, 1.54) is 0 Å². The molecular formula is C14H15NO2. The van der Waals surface area contributed by atoms with Crippen LogP contribution in [-0.2, 0) is 5.41 Å².